The molecule has 0 bridgehead atoms. The van der Waals surface area contributed by atoms with Gasteiger partial charge in [-0.1, -0.05) is 49.8 Å². The van der Waals surface area contributed by atoms with Crippen molar-refractivity contribution in [2.75, 3.05) is 12.4 Å². The van der Waals surface area contributed by atoms with E-state index in [0.717, 1.165) is 38.5 Å². The molecule has 0 heterocycles. The smallest absolute Gasteiger partial charge is 0.255 e. The zero-order chi connectivity index (χ0) is 21.6. The van der Waals surface area contributed by atoms with Crippen molar-refractivity contribution in [3.63, 3.8) is 0 Å². The summed E-state index contributed by atoms with van der Waals surface area (Å²) in [4.78, 5) is 12.7. The van der Waals surface area contributed by atoms with Gasteiger partial charge in [0.2, 0.25) is 10.0 Å². The van der Waals surface area contributed by atoms with Gasteiger partial charge in [0.05, 0.1) is 17.7 Å². The van der Waals surface area contributed by atoms with E-state index in [9.17, 15) is 13.2 Å². The minimum Gasteiger partial charge on any atom is -0.495 e. The average Bonchev–Trinajstić information content (AvgIpc) is 2.70. The minimum atomic E-state index is -3.72. The van der Waals surface area contributed by atoms with Gasteiger partial charge in [0.25, 0.3) is 5.91 Å². The first-order valence-electron chi connectivity index (χ1n) is 10.2. The van der Waals surface area contributed by atoms with Gasteiger partial charge >= 0.3 is 0 Å². The third-order valence-electron chi connectivity index (χ3n) is 5.24. The Hall–Kier alpha value is -2.09. The van der Waals surface area contributed by atoms with Crippen molar-refractivity contribution in [3.05, 3.63) is 53.1 Å². The number of hydrogen-bond donors (Lipinski definition) is 2. The van der Waals surface area contributed by atoms with E-state index in [1.807, 2.05) is 0 Å². The molecular weight excluding hydrogens is 424 g/mol. The second kappa shape index (κ2) is 10.3. The molecule has 1 saturated carbocycles. The van der Waals surface area contributed by atoms with Gasteiger partial charge in [0, 0.05) is 16.6 Å². The number of carbonyl (C=O) groups is 1. The van der Waals surface area contributed by atoms with Crippen molar-refractivity contribution in [2.24, 2.45) is 0 Å². The second-order valence-electron chi connectivity index (χ2n) is 7.49. The Bertz CT molecular complexity index is 986. The number of amides is 1. The third-order valence-corrected chi connectivity index (χ3v) is 7.00. The van der Waals surface area contributed by atoms with Crippen molar-refractivity contribution in [3.8, 4) is 5.75 Å². The number of halogens is 1. The van der Waals surface area contributed by atoms with Gasteiger partial charge in [0.1, 0.15) is 5.75 Å². The van der Waals surface area contributed by atoms with Crippen LogP contribution in [0.1, 0.15) is 55.3 Å². The summed E-state index contributed by atoms with van der Waals surface area (Å²) in [7, 11) is -2.26. The molecule has 6 nitrogen and oxygen atoms in total. The summed E-state index contributed by atoms with van der Waals surface area (Å²) in [5, 5.41) is 3.16. The van der Waals surface area contributed by atoms with E-state index in [0.29, 0.717) is 16.3 Å². The fourth-order valence-electron chi connectivity index (χ4n) is 3.64. The van der Waals surface area contributed by atoms with Crippen LogP contribution in [0.15, 0.2) is 47.4 Å². The van der Waals surface area contributed by atoms with Gasteiger partial charge < -0.3 is 10.1 Å². The van der Waals surface area contributed by atoms with Crippen molar-refractivity contribution in [2.45, 2.75) is 55.9 Å². The van der Waals surface area contributed by atoms with E-state index < -0.39 is 15.9 Å². The zero-order valence-electron chi connectivity index (χ0n) is 17.0. The number of nitrogens with one attached hydrogen (secondary N) is 2. The minimum absolute atomic E-state index is 0.0677. The zero-order valence-corrected chi connectivity index (χ0v) is 18.6. The molecule has 1 aliphatic rings. The van der Waals surface area contributed by atoms with Gasteiger partial charge in [-0.3, -0.25) is 4.79 Å². The van der Waals surface area contributed by atoms with Crippen LogP contribution in [0.5, 0.6) is 5.75 Å². The number of benzene rings is 2. The van der Waals surface area contributed by atoms with Crippen LogP contribution in [0, 0.1) is 0 Å². The molecular formula is C22H27ClN2O4S. The summed E-state index contributed by atoms with van der Waals surface area (Å²) >= 11 is 5.96. The maximum absolute atomic E-state index is 13.0. The molecule has 2 N–H and O–H groups in total. The predicted octanol–water partition coefficient (Wildman–Crippen LogP) is 4.99. The highest BCUT2D eigenvalue weighted by molar-refractivity contribution is 7.89. The Morgan fingerprint density at radius 2 is 1.73 bits per heavy atom. The number of carbonyl (C=O) groups excluding carboxylic acids is 1. The summed E-state index contributed by atoms with van der Waals surface area (Å²) < 4.78 is 34.1. The molecule has 0 saturated heterocycles. The quantitative estimate of drug-likeness (QED) is 0.649. The molecule has 1 fully saturated rings. The number of sulfonamides is 1. The van der Waals surface area contributed by atoms with Crippen LogP contribution in [-0.2, 0) is 10.0 Å². The highest BCUT2D eigenvalue weighted by Crippen LogP contribution is 2.29. The first-order valence-corrected chi connectivity index (χ1v) is 12.0. The van der Waals surface area contributed by atoms with Crippen LogP contribution < -0.4 is 14.8 Å². The second-order valence-corrected chi connectivity index (χ2v) is 9.64. The Balaban J connectivity index is 1.81. The molecule has 1 aliphatic carbocycles. The lowest BCUT2D eigenvalue weighted by molar-refractivity contribution is 0.102. The highest BCUT2D eigenvalue weighted by atomic mass is 35.5. The maximum atomic E-state index is 13.0. The fourth-order valence-corrected chi connectivity index (χ4v) is 5.16. The molecule has 0 aliphatic heterocycles. The standard InChI is InChI=1S/C22H27ClN2O4S/c1-29-21-13-12-19(30(27,28)25-18-10-5-3-2-4-6-11-18)15-20(21)24-22(26)16-8-7-9-17(23)14-16/h7-9,12-15,18,25H,2-6,10-11H2,1H3,(H,24,26). The lowest BCUT2D eigenvalue weighted by atomic mass is 9.97. The van der Waals surface area contributed by atoms with Crippen LogP contribution in [0.4, 0.5) is 5.69 Å². The molecule has 0 atom stereocenters. The van der Waals surface area contributed by atoms with Gasteiger partial charge in [-0.25, -0.2) is 13.1 Å². The highest BCUT2D eigenvalue weighted by Gasteiger charge is 2.22. The first-order chi connectivity index (χ1) is 14.4. The number of anilines is 1. The molecule has 0 unspecified atom stereocenters. The van der Waals surface area contributed by atoms with Gasteiger partial charge in [-0.05, 0) is 49.2 Å². The largest absolute Gasteiger partial charge is 0.495 e. The van der Waals surface area contributed by atoms with Crippen molar-refractivity contribution in [1.29, 1.82) is 0 Å². The van der Waals surface area contributed by atoms with Crippen LogP contribution in [0.3, 0.4) is 0 Å². The van der Waals surface area contributed by atoms with Gasteiger partial charge in [-0.15, -0.1) is 0 Å². The predicted molar refractivity (Wildman–Crippen MR) is 119 cm³/mol. The molecule has 3 rings (SSSR count). The van der Waals surface area contributed by atoms with Crippen LogP contribution >= 0.6 is 11.6 Å². The van der Waals surface area contributed by atoms with Crippen molar-refractivity contribution < 1.29 is 17.9 Å². The molecule has 0 spiro atoms. The topological polar surface area (TPSA) is 84.5 Å². The van der Waals surface area contributed by atoms with E-state index >= 15 is 0 Å². The summed E-state index contributed by atoms with van der Waals surface area (Å²) in [6.45, 7) is 0. The molecule has 162 valence electrons. The number of ether oxygens (including phenoxy) is 1. The third kappa shape index (κ3) is 5.97. The van der Waals surface area contributed by atoms with E-state index in [1.54, 1.807) is 30.3 Å². The molecule has 1 amide bonds. The first kappa shape index (κ1) is 22.6. The Morgan fingerprint density at radius 3 is 2.40 bits per heavy atom. The van der Waals surface area contributed by atoms with E-state index in [2.05, 4.69) is 10.0 Å². The summed E-state index contributed by atoms with van der Waals surface area (Å²) in [6.07, 6.45) is 7.23. The van der Waals surface area contributed by atoms with Crippen LogP contribution in [0.2, 0.25) is 5.02 Å². The molecule has 30 heavy (non-hydrogen) atoms. The molecule has 8 heteroatoms. The fraction of sp³-hybridized carbons (Fsp3) is 0.409. The Morgan fingerprint density at radius 1 is 1.03 bits per heavy atom. The van der Waals surface area contributed by atoms with E-state index in [1.165, 1.54) is 25.7 Å². The van der Waals surface area contributed by atoms with Gasteiger partial charge in [0.15, 0.2) is 0 Å². The normalized spacial score (nSPS) is 15.8. The average molecular weight is 451 g/mol. The number of methoxy groups -OCH3 is 1. The summed E-state index contributed by atoms with van der Waals surface area (Å²) in [6, 6.07) is 10.9. The van der Waals surface area contributed by atoms with Crippen molar-refractivity contribution in [1.82, 2.24) is 4.72 Å². The monoisotopic (exact) mass is 450 g/mol. The van der Waals surface area contributed by atoms with E-state index in [4.69, 9.17) is 16.3 Å². The molecule has 2 aromatic rings. The molecule has 2 aromatic carbocycles. The number of hydrogen-bond acceptors (Lipinski definition) is 4. The lowest BCUT2D eigenvalue weighted by Gasteiger charge is -2.21. The van der Waals surface area contributed by atoms with Crippen LogP contribution in [-0.4, -0.2) is 27.5 Å². The Kier molecular flexibility index (Phi) is 7.75. The Labute approximate surface area is 183 Å². The number of rotatable bonds is 6. The maximum Gasteiger partial charge on any atom is 0.255 e. The molecule has 0 radical (unpaired) electrons. The summed E-state index contributed by atoms with van der Waals surface area (Å²) in [5.74, 6) is -0.0337. The summed E-state index contributed by atoms with van der Waals surface area (Å²) in [5.41, 5.74) is 0.647. The SMILES string of the molecule is COc1ccc(S(=O)(=O)NC2CCCCCCC2)cc1NC(=O)c1cccc(Cl)c1. The van der Waals surface area contributed by atoms with Crippen LogP contribution in [0.25, 0.3) is 0 Å². The van der Waals surface area contributed by atoms with Crippen molar-refractivity contribution >= 4 is 33.2 Å². The lowest BCUT2D eigenvalue weighted by Crippen LogP contribution is -2.35. The molecule has 0 aromatic heterocycles. The van der Waals surface area contributed by atoms with Gasteiger partial charge in [-0.2, -0.15) is 0 Å². The van der Waals surface area contributed by atoms with E-state index in [-0.39, 0.29) is 16.6 Å².